The molecule has 0 radical (unpaired) electrons. The molecule has 14 heteroatoms. The van der Waals surface area contributed by atoms with Gasteiger partial charge in [0.2, 0.25) is 0 Å². The number of carbonyl (C=O) groups is 4. The van der Waals surface area contributed by atoms with E-state index in [1.54, 1.807) is 0 Å². The van der Waals surface area contributed by atoms with Gasteiger partial charge < -0.3 is 23.5 Å². The van der Waals surface area contributed by atoms with Gasteiger partial charge in [0.1, 0.15) is 12.1 Å². The number of fused-ring (bicyclic) bond motifs is 3. The molecule has 0 aliphatic heterocycles. The molecule has 0 saturated carbocycles. The predicted molar refractivity (Wildman–Crippen MR) is 134 cm³/mol. The number of nitrogens with one attached hydrogen (secondary N) is 1. The summed E-state index contributed by atoms with van der Waals surface area (Å²) in [5.74, 6) is -4.37. The minimum atomic E-state index is -1.73. The summed E-state index contributed by atoms with van der Waals surface area (Å²) in [4.78, 5) is 52.2. The Bertz CT molecular complexity index is 1460. The highest BCUT2D eigenvalue weighted by atomic mass is 16.6. The first-order valence-electron chi connectivity index (χ1n) is 13.9. The van der Waals surface area contributed by atoms with Crippen LogP contribution in [0.4, 0.5) is 5.95 Å². The standard InChI is InChI=1S/C24H28N6O8/c1-6-30-18-10-8-7-9-17(18)21-23(30)26-24(29-27-21)28-25-11-19(36-14(3)32)22(38-16(5)34)20(37-15(4)33)12-35-13(2)31/h7-11,19-20,22H,6,12H2,1-5H3,(H,26,28,29)/t19-,20+,22+/m0/s1/i2D,3D,4D,5D. The van der Waals surface area contributed by atoms with E-state index in [1.807, 2.05) is 35.8 Å². The third-order valence-electron chi connectivity index (χ3n) is 4.99. The Balaban J connectivity index is 1.95. The van der Waals surface area contributed by atoms with Crippen LogP contribution < -0.4 is 5.43 Å². The van der Waals surface area contributed by atoms with Crippen LogP contribution in [0.2, 0.25) is 0 Å². The number of benzene rings is 1. The monoisotopic (exact) mass is 532 g/mol. The lowest BCUT2D eigenvalue weighted by molar-refractivity contribution is -0.183. The number of esters is 4. The second-order valence-electron chi connectivity index (χ2n) is 7.58. The van der Waals surface area contributed by atoms with Crippen molar-refractivity contribution in [3.8, 4) is 0 Å². The summed E-state index contributed by atoms with van der Waals surface area (Å²) in [6.07, 6.45) is -4.09. The Labute approximate surface area is 222 Å². The van der Waals surface area contributed by atoms with E-state index < -0.39 is 76.4 Å². The molecule has 202 valence electrons. The van der Waals surface area contributed by atoms with E-state index in [0.29, 0.717) is 17.7 Å². The zero-order valence-corrected chi connectivity index (χ0v) is 20.4. The van der Waals surface area contributed by atoms with E-state index in [2.05, 4.69) is 25.7 Å². The first kappa shape index (κ1) is 22.6. The van der Waals surface area contributed by atoms with Crippen molar-refractivity contribution < 1.29 is 43.6 Å². The van der Waals surface area contributed by atoms with Crippen molar-refractivity contribution in [2.24, 2.45) is 5.10 Å². The van der Waals surface area contributed by atoms with Crippen molar-refractivity contribution in [1.82, 2.24) is 19.7 Å². The number of hydrogen-bond acceptors (Lipinski definition) is 13. The van der Waals surface area contributed by atoms with Crippen molar-refractivity contribution in [2.45, 2.75) is 59.4 Å². The van der Waals surface area contributed by atoms with E-state index in [-0.39, 0.29) is 5.95 Å². The number of rotatable bonds is 11. The highest BCUT2D eigenvalue weighted by Gasteiger charge is 2.37. The van der Waals surface area contributed by atoms with Crippen LogP contribution in [-0.4, -0.2) is 74.8 Å². The molecule has 1 aromatic carbocycles. The van der Waals surface area contributed by atoms with Crippen LogP contribution in [0, 0.1) is 0 Å². The second kappa shape index (κ2) is 12.6. The van der Waals surface area contributed by atoms with Crippen LogP contribution >= 0.6 is 0 Å². The summed E-state index contributed by atoms with van der Waals surface area (Å²) in [6, 6.07) is 7.56. The average Bonchev–Trinajstić information content (AvgIpc) is 3.33. The molecule has 1 N–H and O–H groups in total. The molecule has 0 unspecified atom stereocenters. The number of nitrogens with zero attached hydrogens (tertiary/aromatic N) is 5. The number of aryl methyl sites for hydroxylation is 1. The SMILES string of the molecule is [2H]CC(=O)OC[C@@H](OC(=O)C[2H])[C@H](OC(=O)C[2H])[C@H](C=NNc1nnc2c3ccccc3n(CC)c2n1)OC(=O)C[2H]. The normalized spacial score (nSPS) is 15.0. The third-order valence-corrected chi connectivity index (χ3v) is 4.99. The van der Waals surface area contributed by atoms with Gasteiger partial charge >= 0.3 is 23.9 Å². The maximum Gasteiger partial charge on any atom is 0.303 e. The molecule has 0 amide bonds. The summed E-state index contributed by atoms with van der Waals surface area (Å²) < 4.78 is 51.2. The topological polar surface area (TPSA) is 173 Å². The van der Waals surface area contributed by atoms with Crippen LogP contribution in [0.1, 0.15) is 40.0 Å². The molecule has 0 aliphatic rings. The van der Waals surface area contributed by atoms with Crippen LogP contribution in [0.3, 0.4) is 0 Å². The molecule has 0 aliphatic carbocycles. The second-order valence-corrected chi connectivity index (χ2v) is 7.58. The lowest BCUT2D eigenvalue weighted by atomic mass is 10.1. The van der Waals surface area contributed by atoms with Crippen molar-refractivity contribution in [3.05, 3.63) is 24.3 Å². The lowest BCUT2D eigenvalue weighted by Crippen LogP contribution is -2.48. The van der Waals surface area contributed by atoms with Gasteiger partial charge in [0.05, 0.1) is 11.7 Å². The smallest absolute Gasteiger partial charge is 0.303 e. The molecule has 0 fully saturated rings. The molecule has 14 nitrogen and oxygen atoms in total. The van der Waals surface area contributed by atoms with Crippen LogP contribution in [0.15, 0.2) is 29.4 Å². The number of anilines is 1. The van der Waals surface area contributed by atoms with E-state index in [0.717, 1.165) is 17.1 Å². The molecule has 2 heterocycles. The quantitative estimate of drug-likeness (QED) is 0.164. The van der Waals surface area contributed by atoms with E-state index >= 15 is 0 Å². The van der Waals surface area contributed by atoms with Crippen molar-refractivity contribution >= 4 is 58.1 Å². The van der Waals surface area contributed by atoms with Crippen molar-refractivity contribution in [3.63, 3.8) is 0 Å². The molecule has 2 aromatic heterocycles. The van der Waals surface area contributed by atoms with Crippen LogP contribution in [0.25, 0.3) is 22.1 Å². The van der Waals surface area contributed by atoms with Gasteiger partial charge in [0.25, 0.3) is 5.95 Å². The number of carbonyl (C=O) groups excluding carboxylic acids is 4. The largest absolute Gasteiger partial charge is 0.462 e. The summed E-state index contributed by atoms with van der Waals surface area (Å²) >= 11 is 0. The predicted octanol–water partition coefficient (Wildman–Crippen LogP) is 1.76. The van der Waals surface area contributed by atoms with Crippen LogP contribution in [-0.2, 0) is 44.7 Å². The molecule has 0 spiro atoms. The van der Waals surface area contributed by atoms with Gasteiger partial charge in [-0.3, -0.25) is 19.2 Å². The third kappa shape index (κ3) is 6.99. The van der Waals surface area contributed by atoms with Gasteiger partial charge in [-0.15, -0.1) is 10.2 Å². The first-order valence-corrected chi connectivity index (χ1v) is 11.1. The summed E-state index contributed by atoms with van der Waals surface area (Å²) in [5, 5.41) is 13.1. The fourth-order valence-corrected chi connectivity index (χ4v) is 3.62. The Morgan fingerprint density at radius 1 is 1.03 bits per heavy atom. The van der Waals surface area contributed by atoms with Gasteiger partial charge in [0.15, 0.2) is 24.0 Å². The van der Waals surface area contributed by atoms with E-state index in [1.165, 1.54) is 0 Å². The Morgan fingerprint density at radius 3 is 2.47 bits per heavy atom. The van der Waals surface area contributed by atoms with Gasteiger partial charge in [-0.1, -0.05) is 18.2 Å². The van der Waals surface area contributed by atoms with Gasteiger partial charge in [-0.2, -0.15) is 10.1 Å². The van der Waals surface area contributed by atoms with Crippen LogP contribution in [0.5, 0.6) is 0 Å². The average molecular weight is 533 g/mol. The summed E-state index contributed by atoms with van der Waals surface area (Å²) in [7, 11) is 0. The first-order chi connectivity index (χ1) is 20.3. The van der Waals surface area contributed by atoms with E-state index in [9.17, 15) is 19.2 Å². The number of hydrazone groups is 1. The Kier molecular flexibility index (Phi) is 7.46. The van der Waals surface area contributed by atoms with Gasteiger partial charge in [0, 0.05) is 45.0 Å². The maximum absolute atomic E-state index is 12.1. The molecule has 0 saturated heterocycles. The Morgan fingerprint density at radius 2 is 1.74 bits per heavy atom. The minimum Gasteiger partial charge on any atom is -0.462 e. The van der Waals surface area contributed by atoms with Gasteiger partial charge in [-0.25, -0.2) is 5.43 Å². The van der Waals surface area contributed by atoms with Gasteiger partial charge in [-0.05, 0) is 13.0 Å². The molecule has 3 aromatic rings. The Hall–Kier alpha value is -4.62. The number of para-hydroxylation sites is 1. The fourth-order valence-electron chi connectivity index (χ4n) is 3.62. The highest BCUT2D eigenvalue weighted by molar-refractivity contribution is 6.04. The zero-order chi connectivity index (χ0) is 30.6. The van der Waals surface area contributed by atoms with Crippen molar-refractivity contribution in [1.29, 1.82) is 0 Å². The molecular formula is C24H28N6O8. The van der Waals surface area contributed by atoms with E-state index in [4.69, 9.17) is 24.4 Å². The number of aromatic nitrogens is 4. The molecular weight excluding hydrogens is 500 g/mol. The fraction of sp³-hybridized carbons (Fsp3) is 0.417. The molecule has 3 atom stereocenters. The summed E-state index contributed by atoms with van der Waals surface area (Å²) in [6.45, 7) is -1.56. The molecule has 0 bridgehead atoms. The zero-order valence-electron chi connectivity index (χ0n) is 24.4. The minimum absolute atomic E-state index is 0.0527. The maximum atomic E-state index is 12.1. The highest BCUT2D eigenvalue weighted by Crippen LogP contribution is 2.26. The number of ether oxygens (including phenoxy) is 4. The number of hydrogen-bond donors (Lipinski definition) is 1. The molecule has 3 rings (SSSR count). The lowest BCUT2D eigenvalue weighted by Gasteiger charge is -2.29. The van der Waals surface area contributed by atoms with Crippen molar-refractivity contribution in [2.75, 3.05) is 12.0 Å². The summed E-state index contributed by atoms with van der Waals surface area (Å²) in [5.41, 5.74) is 4.52. The molecule has 38 heavy (non-hydrogen) atoms.